The highest BCUT2D eigenvalue weighted by molar-refractivity contribution is 5.94. The van der Waals surface area contributed by atoms with Crippen LogP contribution in [0.4, 0.5) is 24.7 Å². The number of alkyl halides is 2. The molecule has 2 aliphatic heterocycles. The van der Waals surface area contributed by atoms with Gasteiger partial charge in [0.1, 0.15) is 35.2 Å². The molecule has 3 aromatic rings. The van der Waals surface area contributed by atoms with Gasteiger partial charge in [-0.25, -0.2) is 23.1 Å². The third-order valence-corrected chi connectivity index (χ3v) is 7.89. The van der Waals surface area contributed by atoms with Crippen LogP contribution in [0.2, 0.25) is 0 Å². The maximum atomic E-state index is 14.8. The number of carbonyl (C=O) groups is 1. The summed E-state index contributed by atoms with van der Waals surface area (Å²) in [4.78, 5) is 26.0. The Morgan fingerprint density at radius 1 is 1.23 bits per heavy atom. The Labute approximate surface area is 223 Å². The van der Waals surface area contributed by atoms with Crippen molar-refractivity contribution in [3.63, 3.8) is 0 Å². The fourth-order valence-corrected chi connectivity index (χ4v) is 5.55. The molecule has 3 aliphatic rings. The van der Waals surface area contributed by atoms with E-state index in [1.807, 2.05) is 12.1 Å². The second kappa shape index (κ2) is 9.29. The number of amides is 1. The normalized spacial score (nSPS) is 20.1. The van der Waals surface area contributed by atoms with E-state index in [1.165, 1.54) is 12.1 Å². The Kier molecular flexibility index (Phi) is 6.01. The van der Waals surface area contributed by atoms with E-state index < -0.39 is 29.3 Å². The summed E-state index contributed by atoms with van der Waals surface area (Å²) >= 11 is 0. The van der Waals surface area contributed by atoms with Crippen molar-refractivity contribution < 1.29 is 22.7 Å². The van der Waals surface area contributed by atoms with Crippen LogP contribution < -0.4 is 15.0 Å². The summed E-state index contributed by atoms with van der Waals surface area (Å²) < 4.78 is 47.5. The van der Waals surface area contributed by atoms with Crippen LogP contribution in [0.25, 0.3) is 10.9 Å². The molecule has 39 heavy (non-hydrogen) atoms. The molecule has 0 spiro atoms. The van der Waals surface area contributed by atoms with E-state index >= 15 is 0 Å². The van der Waals surface area contributed by atoms with Crippen LogP contribution in [0.1, 0.15) is 49.2 Å². The highest BCUT2D eigenvalue weighted by Crippen LogP contribution is 2.47. The minimum atomic E-state index is -2.91. The summed E-state index contributed by atoms with van der Waals surface area (Å²) in [5.41, 5.74) is 0.0929. The third kappa shape index (κ3) is 4.28. The number of nitriles is 1. The van der Waals surface area contributed by atoms with Crippen molar-refractivity contribution in [1.82, 2.24) is 14.9 Å². The Balaban J connectivity index is 1.31. The zero-order valence-corrected chi connectivity index (χ0v) is 21.5. The topological polar surface area (TPSA) is 94.4 Å². The van der Waals surface area contributed by atoms with Gasteiger partial charge in [-0.05, 0) is 32.8 Å². The number of benzene rings is 2. The number of hydrogen-bond donors (Lipinski definition) is 1. The number of hydrogen-bond acceptors (Lipinski definition) is 7. The molecule has 1 aliphatic carbocycles. The monoisotopic (exact) mass is 536 g/mol. The lowest BCUT2D eigenvalue weighted by molar-refractivity contribution is -0.136. The molecule has 1 amide bonds. The van der Waals surface area contributed by atoms with Crippen molar-refractivity contribution >= 4 is 28.3 Å². The molecule has 1 saturated heterocycles. The first-order chi connectivity index (χ1) is 18.7. The quantitative estimate of drug-likeness (QED) is 0.496. The molecule has 11 heteroatoms. The van der Waals surface area contributed by atoms with Crippen LogP contribution in [0.3, 0.4) is 0 Å². The van der Waals surface area contributed by atoms with Crippen molar-refractivity contribution in [3.05, 3.63) is 53.1 Å². The molecule has 8 nitrogen and oxygen atoms in total. The fraction of sp³-hybridized carbons (Fsp3) is 0.429. The van der Waals surface area contributed by atoms with E-state index in [1.54, 1.807) is 18.7 Å². The molecule has 3 heterocycles. The molecule has 2 atom stereocenters. The van der Waals surface area contributed by atoms with Crippen LogP contribution in [0.15, 0.2) is 30.3 Å². The average molecular weight is 537 g/mol. The first kappa shape index (κ1) is 25.2. The first-order valence-electron chi connectivity index (χ1n) is 13.0. The van der Waals surface area contributed by atoms with Crippen LogP contribution in [-0.2, 0) is 4.79 Å². The van der Waals surface area contributed by atoms with Crippen LogP contribution >= 0.6 is 0 Å². The van der Waals surface area contributed by atoms with Crippen molar-refractivity contribution in [2.24, 2.45) is 5.41 Å². The molecular formula is C28H27F3N6O2. The molecule has 0 bridgehead atoms. The van der Waals surface area contributed by atoms with Crippen molar-refractivity contribution in [1.29, 1.82) is 5.26 Å². The Hall–Kier alpha value is -4.07. The third-order valence-electron chi connectivity index (χ3n) is 7.89. The lowest BCUT2D eigenvalue weighted by Gasteiger charge is -2.46. The molecule has 1 N–H and O–H groups in total. The summed E-state index contributed by atoms with van der Waals surface area (Å²) in [6, 6.07) is 9.22. The minimum absolute atomic E-state index is 0.0741. The largest absolute Gasteiger partial charge is 0.489 e. The molecule has 2 fully saturated rings. The van der Waals surface area contributed by atoms with E-state index in [9.17, 15) is 23.2 Å². The molecule has 0 radical (unpaired) electrons. The van der Waals surface area contributed by atoms with Crippen LogP contribution in [-0.4, -0.2) is 53.1 Å². The highest BCUT2D eigenvalue weighted by atomic mass is 19.3. The van der Waals surface area contributed by atoms with Gasteiger partial charge in [-0.1, -0.05) is 18.2 Å². The van der Waals surface area contributed by atoms with Crippen molar-refractivity contribution in [2.75, 3.05) is 36.5 Å². The summed E-state index contributed by atoms with van der Waals surface area (Å²) in [5, 5.41) is 13.3. The fourth-order valence-electron chi connectivity index (χ4n) is 5.55. The summed E-state index contributed by atoms with van der Waals surface area (Å²) in [5.74, 6) is 0.581. The maximum absolute atomic E-state index is 14.8. The summed E-state index contributed by atoms with van der Waals surface area (Å²) in [6.45, 7) is 5.38. The predicted octanol–water partition coefficient (Wildman–Crippen LogP) is 4.90. The van der Waals surface area contributed by atoms with Gasteiger partial charge in [-0.3, -0.25) is 4.79 Å². The van der Waals surface area contributed by atoms with Crippen molar-refractivity contribution in [3.8, 4) is 11.8 Å². The lowest BCUT2D eigenvalue weighted by Crippen LogP contribution is -2.59. The Morgan fingerprint density at radius 2 is 2.00 bits per heavy atom. The number of fused-ring (bicyclic) bond motifs is 4. The molecule has 1 aromatic heterocycles. The Bertz CT molecular complexity index is 1520. The summed E-state index contributed by atoms with van der Waals surface area (Å²) in [6.07, 6.45) is -1.69. The van der Waals surface area contributed by atoms with Gasteiger partial charge in [0.2, 0.25) is 5.91 Å². The molecule has 6 rings (SSSR count). The van der Waals surface area contributed by atoms with Gasteiger partial charge in [0.05, 0.1) is 34.9 Å². The van der Waals surface area contributed by atoms with Gasteiger partial charge in [0.15, 0.2) is 0 Å². The van der Waals surface area contributed by atoms with Gasteiger partial charge < -0.3 is 19.9 Å². The van der Waals surface area contributed by atoms with E-state index in [4.69, 9.17) is 4.74 Å². The predicted molar refractivity (Wildman–Crippen MR) is 138 cm³/mol. The number of aryl methyl sites for hydroxylation is 1. The van der Waals surface area contributed by atoms with Gasteiger partial charge in [0.25, 0.3) is 6.43 Å². The molecular weight excluding hydrogens is 509 g/mol. The standard InChI is InChI=1S/C28H27F3N6O2/c1-15(18-4-3-5-19(24(18)29)25(30)31)33-26-20-10-22-23(11-21(20)34-16(2)35-26)39-13-17-12-36(8-9-37(17)22)27(38)28(14-32)6-7-28/h3-5,10-11,15,17,25H,6-9,12-13H2,1-2H3,(H,33,34,35). The molecule has 202 valence electrons. The zero-order valence-electron chi connectivity index (χ0n) is 21.5. The minimum Gasteiger partial charge on any atom is -0.489 e. The SMILES string of the molecule is Cc1nc(NC(C)c2cccc(C(F)F)c2F)c2cc3c(cc2n1)OCC1CN(C(=O)C2(C#N)CC2)CCN31. The van der Waals surface area contributed by atoms with Gasteiger partial charge in [0, 0.05) is 36.7 Å². The second-order valence-corrected chi connectivity index (χ2v) is 10.5. The van der Waals surface area contributed by atoms with E-state index in [0.717, 1.165) is 11.8 Å². The van der Waals surface area contributed by atoms with E-state index in [-0.39, 0.29) is 17.5 Å². The maximum Gasteiger partial charge on any atom is 0.266 e. The van der Waals surface area contributed by atoms with Crippen LogP contribution in [0, 0.1) is 29.5 Å². The number of nitrogens with one attached hydrogen (secondary N) is 1. The lowest BCUT2D eigenvalue weighted by atomic mass is 10.0. The Morgan fingerprint density at radius 3 is 2.72 bits per heavy atom. The molecule has 2 unspecified atom stereocenters. The smallest absolute Gasteiger partial charge is 0.266 e. The number of carbonyl (C=O) groups excluding carboxylic acids is 1. The van der Waals surface area contributed by atoms with Gasteiger partial charge >= 0.3 is 0 Å². The van der Waals surface area contributed by atoms with Gasteiger partial charge in [-0.2, -0.15) is 5.26 Å². The number of aromatic nitrogens is 2. The van der Waals surface area contributed by atoms with Crippen LogP contribution in [0.5, 0.6) is 5.75 Å². The first-order valence-corrected chi connectivity index (χ1v) is 13.0. The number of halogens is 3. The molecule has 1 saturated carbocycles. The second-order valence-electron chi connectivity index (χ2n) is 10.5. The average Bonchev–Trinajstić information content (AvgIpc) is 3.72. The van der Waals surface area contributed by atoms with Gasteiger partial charge in [-0.15, -0.1) is 0 Å². The number of ether oxygens (including phenoxy) is 1. The van der Waals surface area contributed by atoms with Crippen molar-refractivity contribution in [2.45, 2.75) is 45.2 Å². The molecule has 2 aromatic carbocycles. The summed E-state index contributed by atoms with van der Waals surface area (Å²) in [7, 11) is 0. The number of piperazine rings is 1. The van der Waals surface area contributed by atoms with E-state index in [0.29, 0.717) is 67.4 Å². The zero-order chi connectivity index (χ0) is 27.5. The number of nitrogens with zero attached hydrogens (tertiary/aromatic N) is 5. The number of anilines is 2. The highest BCUT2D eigenvalue weighted by Gasteiger charge is 2.53. The van der Waals surface area contributed by atoms with E-state index in [2.05, 4.69) is 26.3 Å². The number of rotatable bonds is 5.